The van der Waals surface area contributed by atoms with E-state index in [9.17, 15) is 4.79 Å². The summed E-state index contributed by atoms with van der Waals surface area (Å²) in [5.41, 5.74) is 6.89. The van der Waals surface area contributed by atoms with E-state index in [1.54, 1.807) is 4.90 Å². The van der Waals surface area contributed by atoms with Crippen molar-refractivity contribution < 1.29 is 14.3 Å². The third-order valence-electron chi connectivity index (χ3n) is 3.16. The third kappa shape index (κ3) is 6.25. The maximum atomic E-state index is 12.5. The average molecular weight is 294 g/mol. The van der Waals surface area contributed by atoms with Crippen LogP contribution in [0.1, 0.15) is 25.5 Å². The Labute approximate surface area is 127 Å². The zero-order valence-electron chi connectivity index (χ0n) is 13.0. The van der Waals surface area contributed by atoms with Crippen molar-refractivity contribution in [2.24, 2.45) is 5.73 Å². The topological polar surface area (TPSA) is 64.8 Å². The lowest BCUT2D eigenvalue weighted by Crippen LogP contribution is -2.42. The molecule has 0 spiro atoms. The first-order valence-electron chi connectivity index (χ1n) is 7.45. The molecule has 1 atom stereocenters. The number of nitrogens with zero attached hydrogens (tertiary/aromatic N) is 1. The molecule has 1 amide bonds. The van der Waals surface area contributed by atoms with E-state index in [2.05, 4.69) is 0 Å². The molecule has 0 fully saturated rings. The number of benzene rings is 1. The lowest BCUT2D eigenvalue weighted by Gasteiger charge is -2.25. The molecule has 21 heavy (non-hydrogen) atoms. The molecule has 118 valence electrons. The van der Waals surface area contributed by atoms with Crippen LogP contribution in [0.3, 0.4) is 0 Å². The van der Waals surface area contributed by atoms with Crippen molar-refractivity contribution >= 4 is 5.91 Å². The number of hydrogen-bond donors (Lipinski definition) is 1. The smallest absolute Gasteiger partial charge is 0.244 e. The van der Waals surface area contributed by atoms with Crippen molar-refractivity contribution in [1.82, 2.24) is 4.90 Å². The minimum absolute atomic E-state index is 0.0967. The third-order valence-corrected chi connectivity index (χ3v) is 3.16. The fraction of sp³-hybridized carbons (Fsp3) is 0.562. The van der Waals surface area contributed by atoms with Crippen LogP contribution in [0.2, 0.25) is 0 Å². The average Bonchev–Trinajstić information content (AvgIpc) is 2.53. The van der Waals surface area contributed by atoms with Gasteiger partial charge < -0.3 is 20.1 Å². The molecule has 0 aliphatic heterocycles. The molecule has 1 aromatic carbocycles. The van der Waals surface area contributed by atoms with Crippen LogP contribution in [0.15, 0.2) is 30.3 Å². The van der Waals surface area contributed by atoms with Gasteiger partial charge in [0.25, 0.3) is 0 Å². The van der Waals surface area contributed by atoms with Crippen LogP contribution in [0.4, 0.5) is 0 Å². The van der Waals surface area contributed by atoms with Gasteiger partial charge >= 0.3 is 0 Å². The normalized spacial score (nSPS) is 12.1. The van der Waals surface area contributed by atoms with Crippen LogP contribution in [0.25, 0.3) is 0 Å². The summed E-state index contributed by atoms with van der Waals surface area (Å²) in [7, 11) is 0. The number of carbonyl (C=O) groups excluding carboxylic acids is 1. The molecule has 0 radical (unpaired) electrons. The van der Waals surface area contributed by atoms with Gasteiger partial charge in [-0.15, -0.1) is 0 Å². The van der Waals surface area contributed by atoms with Crippen LogP contribution in [-0.4, -0.2) is 50.3 Å². The number of rotatable bonds is 10. The van der Waals surface area contributed by atoms with Crippen LogP contribution >= 0.6 is 0 Å². The van der Waals surface area contributed by atoms with Crippen LogP contribution in [0.5, 0.6) is 0 Å². The Bertz CT molecular complexity index is 388. The van der Waals surface area contributed by atoms with Gasteiger partial charge in [-0.1, -0.05) is 30.3 Å². The first-order chi connectivity index (χ1) is 10.2. The molecule has 0 saturated heterocycles. The maximum Gasteiger partial charge on any atom is 0.244 e. The number of nitrogens with two attached hydrogens (primary N) is 1. The van der Waals surface area contributed by atoms with E-state index >= 15 is 0 Å². The Morgan fingerprint density at radius 1 is 1.10 bits per heavy atom. The monoisotopic (exact) mass is 294 g/mol. The molecule has 5 nitrogen and oxygen atoms in total. The van der Waals surface area contributed by atoms with Gasteiger partial charge in [0.15, 0.2) is 0 Å². The molecule has 5 heteroatoms. The van der Waals surface area contributed by atoms with Gasteiger partial charge in [0.1, 0.15) is 6.04 Å². The quantitative estimate of drug-likeness (QED) is 0.666. The van der Waals surface area contributed by atoms with Gasteiger partial charge in [-0.2, -0.15) is 0 Å². The lowest BCUT2D eigenvalue weighted by molar-refractivity contribution is -0.134. The Kier molecular flexibility index (Phi) is 8.66. The van der Waals surface area contributed by atoms with Crippen LogP contribution in [0, 0.1) is 0 Å². The second-order valence-corrected chi connectivity index (χ2v) is 4.61. The van der Waals surface area contributed by atoms with Crippen molar-refractivity contribution in [2.45, 2.75) is 19.9 Å². The lowest BCUT2D eigenvalue weighted by atomic mass is 10.1. The van der Waals surface area contributed by atoms with E-state index in [-0.39, 0.29) is 5.91 Å². The summed E-state index contributed by atoms with van der Waals surface area (Å²) in [6, 6.07) is 8.76. The predicted molar refractivity (Wildman–Crippen MR) is 82.9 cm³/mol. The molecule has 1 unspecified atom stereocenters. The summed E-state index contributed by atoms with van der Waals surface area (Å²) in [5, 5.41) is 0. The summed E-state index contributed by atoms with van der Waals surface area (Å²) in [6.45, 7) is 7.22. The highest BCUT2D eigenvalue weighted by atomic mass is 16.5. The zero-order valence-corrected chi connectivity index (χ0v) is 13.0. The molecule has 1 rings (SSSR count). The van der Waals surface area contributed by atoms with Crippen LogP contribution in [-0.2, 0) is 14.3 Å². The van der Waals surface area contributed by atoms with Crippen molar-refractivity contribution in [3.8, 4) is 0 Å². The number of amides is 1. The first-order valence-corrected chi connectivity index (χ1v) is 7.45. The van der Waals surface area contributed by atoms with Crippen molar-refractivity contribution in [3.05, 3.63) is 35.9 Å². The fourth-order valence-corrected chi connectivity index (χ4v) is 1.97. The Balaban J connectivity index is 2.63. The van der Waals surface area contributed by atoms with E-state index in [1.807, 2.05) is 44.2 Å². The minimum atomic E-state index is -0.644. The van der Waals surface area contributed by atoms with E-state index in [4.69, 9.17) is 15.2 Å². The van der Waals surface area contributed by atoms with Gasteiger partial charge in [-0.25, -0.2) is 0 Å². The second kappa shape index (κ2) is 10.3. The number of hydrogen-bond acceptors (Lipinski definition) is 4. The molecule has 0 aliphatic carbocycles. The SMILES string of the molecule is CCOCCN(CCOCC)C(=O)C(N)c1ccccc1. The van der Waals surface area contributed by atoms with E-state index in [1.165, 1.54) is 0 Å². The molecule has 2 N–H and O–H groups in total. The highest BCUT2D eigenvalue weighted by molar-refractivity contribution is 5.83. The van der Waals surface area contributed by atoms with Crippen LogP contribution < -0.4 is 5.73 Å². The van der Waals surface area contributed by atoms with Gasteiger partial charge in [0, 0.05) is 26.3 Å². The van der Waals surface area contributed by atoms with E-state index in [0.29, 0.717) is 39.5 Å². The Hall–Kier alpha value is -1.43. The summed E-state index contributed by atoms with van der Waals surface area (Å²) >= 11 is 0. The molecule has 0 bridgehead atoms. The van der Waals surface area contributed by atoms with Crippen molar-refractivity contribution in [2.75, 3.05) is 39.5 Å². The standard InChI is InChI=1S/C16H26N2O3/c1-3-20-12-10-18(11-13-21-4-2)16(19)15(17)14-8-6-5-7-9-14/h5-9,15H,3-4,10-13,17H2,1-2H3. The summed E-state index contributed by atoms with van der Waals surface area (Å²) in [5.74, 6) is -0.0967. The van der Waals surface area contributed by atoms with Gasteiger partial charge in [-0.3, -0.25) is 4.79 Å². The molecule has 1 aromatic rings. The summed E-state index contributed by atoms with van der Waals surface area (Å²) < 4.78 is 10.7. The highest BCUT2D eigenvalue weighted by Gasteiger charge is 2.22. The first kappa shape index (κ1) is 17.6. The molecule has 0 heterocycles. The predicted octanol–water partition coefficient (Wildman–Crippen LogP) is 1.59. The van der Waals surface area contributed by atoms with Gasteiger partial charge in [-0.05, 0) is 19.4 Å². The van der Waals surface area contributed by atoms with Crippen molar-refractivity contribution in [1.29, 1.82) is 0 Å². The molecular formula is C16H26N2O3. The maximum absolute atomic E-state index is 12.5. The van der Waals surface area contributed by atoms with Gasteiger partial charge in [0.2, 0.25) is 5.91 Å². The molecular weight excluding hydrogens is 268 g/mol. The fourth-order valence-electron chi connectivity index (χ4n) is 1.97. The Morgan fingerprint density at radius 2 is 1.62 bits per heavy atom. The molecule has 0 saturated carbocycles. The zero-order chi connectivity index (χ0) is 15.5. The second-order valence-electron chi connectivity index (χ2n) is 4.61. The molecule has 0 aliphatic rings. The number of carbonyl (C=O) groups is 1. The van der Waals surface area contributed by atoms with E-state index < -0.39 is 6.04 Å². The summed E-state index contributed by atoms with van der Waals surface area (Å²) in [6.07, 6.45) is 0. The highest BCUT2D eigenvalue weighted by Crippen LogP contribution is 2.12. The van der Waals surface area contributed by atoms with Crippen molar-refractivity contribution in [3.63, 3.8) is 0 Å². The largest absolute Gasteiger partial charge is 0.380 e. The van der Waals surface area contributed by atoms with E-state index in [0.717, 1.165) is 5.56 Å². The Morgan fingerprint density at radius 3 is 2.10 bits per heavy atom. The minimum Gasteiger partial charge on any atom is -0.380 e. The summed E-state index contributed by atoms with van der Waals surface area (Å²) in [4.78, 5) is 14.2. The molecule has 0 aromatic heterocycles. The van der Waals surface area contributed by atoms with Gasteiger partial charge in [0.05, 0.1) is 13.2 Å². The number of ether oxygens (including phenoxy) is 2.